The first-order chi connectivity index (χ1) is 14.4. The predicted molar refractivity (Wildman–Crippen MR) is 117 cm³/mol. The van der Waals surface area contributed by atoms with Crippen molar-refractivity contribution in [1.29, 1.82) is 0 Å². The van der Waals surface area contributed by atoms with E-state index in [-0.39, 0.29) is 22.0 Å². The number of halogens is 1. The van der Waals surface area contributed by atoms with Crippen LogP contribution in [0.4, 0.5) is 10.7 Å². The van der Waals surface area contributed by atoms with Crippen molar-refractivity contribution >= 4 is 51.4 Å². The first-order valence-corrected chi connectivity index (χ1v) is 10.2. The van der Waals surface area contributed by atoms with Gasteiger partial charge in [0.2, 0.25) is 0 Å². The smallest absolute Gasteiger partial charge is 0.341 e. The molecule has 0 aliphatic carbocycles. The van der Waals surface area contributed by atoms with E-state index >= 15 is 0 Å². The van der Waals surface area contributed by atoms with E-state index in [0.29, 0.717) is 21.8 Å². The van der Waals surface area contributed by atoms with E-state index in [1.54, 1.807) is 56.4 Å². The van der Waals surface area contributed by atoms with E-state index in [1.165, 1.54) is 6.20 Å². The second-order valence-corrected chi connectivity index (χ2v) is 7.59. The first-order valence-electron chi connectivity index (χ1n) is 8.99. The van der Waals surface area contributed by atoms with Gasteiger partial charge >= 0.3 is 5.97 Å². The van der Waals surface area contributed by atoms with E-state index in [1.807, 2.05) is 0 Å². The number of nitrogens with zero attached hydrogens (tertiary/aromatic N) is 1. The molecule has 2 aromatic heterocycles. The Morgan fingerprint density at radius 1 is 1.10 bits per heavy atom. The van der Waals surface area contributed by atoms with Crippen LogP contribution in [-0.4, -0.2) is 29.4 Å². The van der Waals surface area contributed by atoms with E-state index in [4.69, 9.17) is 16.3 Å². The Hall–Kier alpha value is -3.23. The maximum Gasteiger partial charge on any atom is 0.341 e. The second kappa shape index (κ2) is 9.51. The summed E-state index contributed by atoms with van der Waals surface area (Å²) in [7, 11) is 0. The summed E-state index contributed by atoms with van der Waals surface area (Å²) in [6.45, 7) is 3.48. The molecule has 2 amide bonds. The number of aromatic nitrogens is 1. The van der Waals surface area contributed by atoms with Crippen LogP contribution in [-0.2, 0) is 4.74 Å². The summed E-state index contributed by atoms with van der Waals surface area (Å²) in [4.78, 5) is 42.1. The topological polar surface area (TPSA) is 97.4 Å². The number of carbonyl (C=O) groups is 3. The molecule has 0 saturated heterocycles. The van der Waals surface area contributed by atoms with E-state index in [0.717, 1.165) is 11.3 Å². The molecule has 7 nitrogen and oxygen atoms in total. The molecule has 3 aromatic rings. The Balaban J connectivity index is 1.93. The van der Waals surface area contributed by atoms with Crippen LogP contribution in [0.15, 0.2) is 48.8 Å². The normalized spacial score (nSPS) is 10.4. The summed E-state index contributed by atoms with van der Waals surface area (Å²) in [5.74, 6) is -1.47. The zero-order valence-electron chi connectivity index (χ0n) is 16.2. The summed E-state index contributed by atoms with van der Waals surface area (Å²) in [6.07, 6.45) is 2.96. The second-order valence-electron chi connectivity index (χ2n) is 6.14. The number of rotatable bonds is 6. The molecule has 0 aliphatic heterocycles. The van der Waals surface area contributed by atoms with Gasteiger partial charge in [-0.05, 0) is 55.8 Å². The molecule has 0 aliphatic rings. The number of carbonyl (C=O) groups excluding carboxylic acids is 3. The molecule has 9 heteroatoms. The molecule has 0 radical (unpaired) electrons. The zero-order valence-corrected chi connectivity index (χ0v) is 17.8. The first kappa shape index (κ1) is 21.5. The molecule has 0 bridgehead atoms. The maximum atomic E-state index is 12.8. The summed E-state index contributed by atoms with van der Waals surface area (Å²) in [6, 6.07) is 9.87. The van der Waals surface area contributed by atoms with Gasteiger partial charge < -0.3 is 15.4 Å². The molecule has 0 atom stereocenters. The van der Waals surface area contributed by atoms with Crippen molar-refractivity contribution in [2.45, 2.75) is 13.8 Å². The van der Waals surface area contributed by atoms with Gasteiger partial charge in [0.15, 0.2) is 0 Å². The Morgan fingerprint density at radius 3 is 2.47 bits per heavy atom. The summed E-state index contributed by atoms with van der Waals surface area (Å²) in [5.41, 5.74) is 1.45. The molecule has 0 spiro atoms. The lowest BCUT2D eigenvalue weighted by atomic mass is 10.1. The molecule has 2 heterocycles. The van der Waals surface area contributed by atoms with Crippen LogP contribution in [0.2, 0.25) is 5.02 Å². The van der Waals surface area contributed by atoms with Crippen molar-refractivity contribution < 1.29 is 19.1 Å². The Bertz CT molecular complexity index is 1080. The number of nitrogens with one attached hydrogen (secondary N) is 2. The lowest BCUT2D eigenvalue weighted by Gasteiger charge is -2.07. The molecule has 1 aromatic carbocycles. The highest BCUT2D eigenvalue weighted by Gasteiger charge is 2.27. The van der Waals surface area contributed by atoms with Crippen LogP contribution in [0, 0.1) is 6.92 Å². The summed E-state index contributed by atoms with van der Waals surface area (Å²) in [5, 5.41) is 6.24. The molecule has 30 heavy (non-hydrogen) atoms. The third-order valence-corrected chi connectivity index (χ3v) is 5.54. The lowest BCUT2D eigenvalue weighted by molar-refractivity contribution is 0.0527. The molecular formula is C21H18ClN3O4S. The van der Waals surface area contributed by atoms with Gasteiger partial charge in [-0.1, -0.05) is 11.6 Å². The van der Waals surface area contributed by atoms with Crippen molar-refractivity contribution in [2.75, 3.05) is 17.2 Å². The summed E-state index contributed by atoms with van der Waals surface area (Å²) < 4.78 is 5.12. The van der Waals surface area contributed by atoms with Crippen molar-refractivity contribution in [1.82, 2.24) is 4.98 Å². The fourth-order valence-corrected chi connectivity index (χ4v) is 3.87. The van der Waals surface area contributed by atoms with Crippen LogP contribution >= 0.6 is 22.9 Å². The minimum absolute atomic E-state index is 0.153. The van der Waals surface area contributed by atoms with Gasteiger partial charge in [-0.25, -0.2) is 4.79 Å². The van der Waals surface area contributed by atoms with Crippen LogP contribution in [0.3, 0.4) is 0 Å². The number of esters is 1. The minimum atomic E-state index is -0.613. The fourth-order valence-electron chi connectivity index (χ4n) is 2.66. The number of thiophene rings is 1. The van der Waals surface area contributed by atoms with E-state index in [2.05, 4.69) is 15.6 Å². The quantitative estimate of drug-likeness (QED) is 0.534. The van der Waals surface area contributed by atoms with Crippen molar-refractivity contribution in [2.24, 2.45) is 0 Å². The van der Waals surface area contributed by atoms with Gasteiger partial charge in [-0.15, -0.1) is 11.3 Å². The summed E-state index contributed by atoms with van der Waals surface area (Å²) >= 11 is 6.87. The average Bonchev–Trinajstić information content (AvgIpc) is 3.06. The molecule has 0 unspecified atom stereocenters. The number of hydrogen-bond acceptors (Lipinski definition) is 6. The zero-order chi connectivity index (χ0) is 21.7. The van der Waals surface area contributed by atoms with Crippen LogP contribution in [0.1, 0.15) is 42.9 Å². The molecule has 3 rings (SSSR count). The van der Waals surface area contributed by atoms with Crippen LogP contribution in [0.5, 0.6) is 0 Å². The Labute approximate surface area is 182 Å². The van der Waals surface area contributed by atoms with Gasteiger partial charge in [0, 0.05) is 23.1 Å². The minimum Gasteiger partial charge on any atom is -0.462 e. The number of benzene rings is 1. The fraction of sp³-hybridized carbons (Fsp3) is 0.143. The van der Waals surface area contributed by atoms with Crippen molar-refractivity contribution in [3.8, 4) is 0 Å². The van der Waals surface area contributed by atoms with Crippen molar-refractivity contribution in [3.05, 3.63) is 75.4 Å². The Kier molecular flexibility index (Phi) is 6.81. The SMILES string of the molecule is CCOC(=O)c1c(NC(=O)c2cccnc2)sc(C(=O)Nc2ccc(Cl)cc2)c1C. The van der Waals surface area contributed by atoms with Gasteiger partial charge in [-0.3, -0.25) is 14.6 Å². The van der Waals surface area contributed by atoms with E-state index < -0.39 is 17.8 Å². The molecule has 0 saturated carbocycles. The van der Waals surface area contributed by atoms with E-state index in [9.17, 15) is 14.4 Å². The average molecular weight is 444 g/mol. The maximum absolute atomic E-state index is 12.8. The largest absolute Gasteiger partial charge is 0.462 e. The molecule has 0 fully saturated rings. The van der Waals surface area contributed by atoms with Gasteiger partial charge in [0.25, 0.3) is 11.8 Å². The number of pyridine rings is 1. The van der Waals surface area contributed by atoms with Crippen LogP contribution < -0.4 is 10.6 Å². The number of anilines is 2. The van der Waals surface area contributed by atoms with Crippen molar-refractivity contribution in [3.63, 3.8) is 0 Å². The monoisotopic (exact) mass is 443 g/mol. The third-order valence-electron chi connectivity index (χ3n) is 4.09. The van der Waals surface area contributed by atoms with Gasteiger partial charge in [0.1, 0.15) is 5.00 Å². The third kappa shape index (κ3) is 4.84. The molecular weight excluding hydrogens is 426 g/mol. The number of hydrogen-bond donors (Lipinski definition) is 2. The number of ether oxygens (including phenoxy) is 1. The molecule has 154 valence electrons. The standard InChI is InChI=1S/C21H18ClN3O4S/c1-3-29-21(28)16-12(2)17(19(27)24-15-8-6-14(22)7-9-15)30-20(16)25-18(26)13-5-4-10-23-11-13/h4-11H,3H2,1-2H3,(H,24,27)(H,25,26). The number of amides is 2. The molecule has 2 N–H and O–H groups in total. The highest BCUT2D eigenvalue weighted by Crippen LogP contribution is 2.34. The highest BCUT2D eigenvalue weighted by atomic mass is 35.5. The van der Waals surface area contributed by atoms with Gasteiger partial charge in [0.05, 0.1) is 22.6 Å². The highest BCUT2D eigenvalue weighted by molar-refractivity contribution is 7.19. The lowest BCUT2D eigenvalue weighted by Crippen LogP contribution is -2.15. The Morgan fingerprint density at radius 2 is 1.83 bits per heavy atom. The van der Waals surface area contributed by atoms with Gasteiger partial charge in [-0.2, -0.15) is 0 Å². The van der Waals surface area contributed by atoms with Crippen LogP contribution in [0.25, 0.3) is 0 Å². The predicted octanol–water partition coefficient (Wildman–Crippen LogP) is 4.79.